The van der Waals surface area contributed by atoms with Gasteiger partial charge in [-0.25, -0.2) is 4.98 Å². The van der Waals surface area contributed by atoms with Gasteiger partial charge in [-0.2, -0.15) is 0 Å². The molecule has 0 fully saturated rings. The molecular weight excluding hydrogens is 318 g/mol. The number of aromatic nitrogens is 1. The van der Waals surface area contributed by atoms with Crippen LogP contribution in [0.25, 0.3) is 0 Å². The van der Waals surface area contributed by atoms with Crippen molar-refractivity contribution in [3.05, 3.63) is 49.4 Å². The Balaban J connectivity index is 2.00. The molecule has 0 saturated heterocycles. The maximum atomic E-state index is 12.0. The number of hydrogen-bond acceptors (Lipinski definition) is 6. The number of thiazole rings is 1. The molecule has 0 unspecified atom stereocenters. The van der Waals surface area contributed by atoms with Crippen LogP contribution in [0.3, 0.4) is 0 Å². The van der Waals surface area contributed by atoms with Gasteiger partial charge in [0.2, 0.25) is 0 Å². The zero-order chi connectivity index (χ0) is 15.1. The van der Waals surface area contributed by atoms with Crippen LogP contribution in [-0.4, -0.2) is 21.6 Å². The van der Waals surface area contributed by atoms with Crippen LogP contribution >= 0.6 is 22.9 Å². The second kappa shape index (κ2) is 4.90. The number of fused-ring (bicyclic) bond motifs is 1. The third-order valence-electron chi connectivity index (χ3n) is 3.01. The van der Waals surface area contributed by atoms with E-state index in [2.05, 4.69) is 4.98 Å². The molecule has 0 saturated carbocycles. The Hall–Kier alpha value is -2.32. The Morgan fingerprint density at radius 1 is 1.38 bits per heavy atom. The van der Waals surface area contributed by atoms with Gasteiger partial charge in [-0.15, -0.1) is 11.3 Å². The maximum absolute atomic E-state index is 12.0. The summed E-state index contributed by atoms with van der Waals surface area (Å²) in [6, 6.07) is 3.78. The molecule has 1 amide bonds. The third-order valence-corrected chi connectivity index (χ3v) is 4.10. The number of carbonyl (C=O) groups excluding carboxylic acids is 2. The van der Waals surface area contributed by atoms with Crippen molar-refractivity contribution in [3.63, 3.8) is 0 Å². The van der Waals surface area contributed by atoms with E-state index in [1.54, 1.807) is 0 Å². The zero-order valence-corrected chi connectivity index (χ0v) is 11.8. The summed E-state index contributed by atoms with van der Waals surface area (Å²) in [7, 11) is 0. The largest absolute Gasteiger partial charge is 0.299 e. The molecule has 7 nitrogen and oxygen atoms in total. The van der Waals surface area contributed by atoms with E-state index in [1.807, 2.05) is 0 Å². The number of nitrogens with zero attached hydrogens (tertiary/aromatic N) is 3. The highest BCUT2D eigenvalue weighted by atomic mass is 35.5. The molecule has 1 aliphatic heterocycles. The van der Waals surface area contributed by atoms with Crippen LogP contribution in [0.2, 0.25) is 4.47 Å². The minimum Gasteiger partial charge on any atom is -0.299 e. The fraction of sp³-hybridized carbons (Fsp3) is 0.0833. The predicted molar refractivity (Wildman–Crippen MR) is 75.7 cm³/mol. The molecule has 0 bridgehead atoms. The van der Waals surface area contributed by atoms with Crippen molar-refractivity contribution in [1.29, 1.82) is 0 Å². The molecule has 106 valence electrons. The average molecular weight is 324 g/mol. The number of halogens is 1. The monoisotopic (exact) mass is 323 g/mol. The SMILES string of the molecule is O=C1C(=O)N(Cc2cnc(Cl)s2)c2ccc([N+](=O)[O-])cc21. The number of rotatable bonds is 3. The molecule has 9 heteroatoms. The van der Waals surface area contributed by atoms with Crippen LogP contribution in [0.5, 0.6) is 0 Å². The van der Waals surface area contributed by atoms with Crippen molar-refractivity contribution < 1.29 is 14.5 Å². The molecule has 1 aromatic carbocycles. The van der Waals surface area contributed by atoms with Gasteiger partial charge >= 0.3 is 0 Å². The van der Waals surface area contributed by atoms with Gasteiger partial charge in [-0.05, 0) is 6.07 Å². The van der Waals surface area contributed by atoms with Crippen LogP contribution in [0.15, 0.2) is 24.4 Å². The smallest absolute Gasteiger partial charge is 0.299 e. The van der Waals surface area contributed by atoms with Gasteiger partial charge in [0.25, 0.3) is 17.4 Å². The quantitative estimate of drug-likeness (QED) is 0.491. The highest BCUT2D eigenvalue weighted by Gasteiger charge is 2.37. The number of Topliss-reactive ketones (excluding diaryl/α,β-unsaturated/α-hetero) is 1. The number of anilines is 1. The lowest BCUT2D eigenvalue weighted by Gasteiger charge is -2.14. The zero-order valence-electron chi connectivity index (χ0n) is 10.3. The highest BCUT2D eigenvalue weighted by Crippen LogP contribution is 2.34. The first-order valence-corrected chi connectivity index (χ1v) is 6.91. The van der Waals surface area contributed by atoms with Crippen molar-refractivity contribution in [2.24, 2.45) is 0 Å². The summed E-state index contributed by atoms with van der Waals surface area (Å²) in [6.45, 7) is 0.153. The Kier molecular flexibility index (Phi) is 3.19. The second-order valence-electron chi connectivity index (χ2n) is 4.26. The number of benzene rings is 1. The lowest BCUT2D eigenvalue weighted by molar-refractivity contribution is -0.384. The number of non-ortho nitro benzene ring substituents is 1. The maximum Gasteiger partial charge on any atom is 0.299 e. The summed E-state index contributed by atoms with van der Waals surface area (Å²) in [4.78, 5) is 39.9. The molecule has 3 rings (SSSR count). The first-order chi connectivity index (χ1) is 9.97. The number of carbonyl (C=O) groups is 2. The van der Waals surface area contributed by atoms with Gasteiger partial charge in [-0.3, -0.25) is 24.6 Å². The van der Waals surface area contributed by atoms with E-state index in [9.17, 15) is 19.7 Å². The first-order valence-electron chi connectivity index (χ1n) is 5.72. The number of ketones is 1. The molecule has 1 aliphatic rings. The van der Waals surface area contributed by atoms with E-state index >= 15 is 0 Å². The number of nitro benzene ring substituents is 1. The van der Waals surface area contributed by atoms with Crippen LogP contribution < -0.4 is 4.90 Å². The first kappa shape index (κ1) is 13.7. The minimum atomic E-state index is -0.746. The number of nitro groups is 1. The lowest BCUT2D eigenvalue weighted by atomic mass is 10.1. The molecular formula is C12H6ClN3O4S. The van der Waals surface area contributed by atoms with Gasteiger partial charge in [0.1, 0.15) is 0 Å². The fourth-order valence-electron chi connectivity index (χ4n) is 2.07. The fourth-order valence-corrected chi connectivity index (χ4v) is 3.04. The molecule has 2 aromatic rings. The van der Waals surface area contributed by atoms with Crippen molar-refractivity contribution in [2.75, 3.05) is 4.90 Å². The molecule has 0 aliphatic carbocycles. The van der Waals surface area contributed by atoms with E-state index in [0.717, 1.165) is 6.07 Å². The Morgan fingerprint density at radius 2 is 2.14 bits per heavy atom. The summed E-state index contributed by atoms with van der Waals surface area (Å²) >= 11 is 6.93. The van der Waals surface area contributed by atoms with E-state index in [-0.39, 0.29) is 17.8 Å². The van der Waals surface area contributed by atoms with Gasteiger partial charge in [0, 0.05) is 23.2 Å². The number of amides is 1. The molecule has 0 atom stereocenters. The molecule has 21 heavy (non-hydrogen) atoms. The topological polar surface area (TPSA) is 93.4 Å². The van der Waals surface area contributed by atoms with Gasteiger partial charge in [-0.1, -0.05) is 11.6 Å². The van der Waals surface area contributed by atoms with Crippen LogP contribution in [0, 0.1) is 10.1 Å². The minimum absolute atomic E-state index is 0.0461. The van der Waals surface area contributed by atoms with Crippen molar-refractivity contribution in [3.8, 4) is 0 Å². The van der Waals surface area contributed by atoms with Gasteiger partial charge in [0.15, 0.2) is 4.47 Å². The average Bonchev–Trinajstić information content (AvgIpc) is 2.96. The van der Waals surface area contributed by atoms with Gasteiger partial charge in [0.05, 0.1) is 22.7 Å². The Bertz CT molecular complexity index is 789. The van der Waals surface area contributed by atoms with Gasteiger partial charge < -0.3 is 0 Å². The van der Waals surface area contributed by atoms with Crippen molar-refractivity contribution in [1.82, 2.24) is 4.98 Å². The van der Waals surface area contributed by atoms with E-state index in [1.165, 1.54) is 34.6 Å². The third kappa shape index (κ3) is 2.28. The second-order valence-corrected chi connectivity index (χ2v) is 5.96. The van der Waals surface area contributed by atoms with Crippen LogP contribution in [0.4, 0.5) is 11.4 Å². The number of hydrogen-bond donors (Lipinski definition) is 0. The summed E-state index contributed by atoms with van der Waals surface area (Å²) in [5.74, 6) is -1.46. The summed E-state index contributed by atoms with van der Waals surface area (Å²) in [5.41, 5.74) is 0.183. The molecule has 0 spiro atoms. The van der Waals surface area contributed by atoms with E-state index in [4.69, 9.17) is 11.6 Å². The van der Waals surface area contributed by atoms with Crippen LogP contribution in [-0.2, 0) is 11.3 Å². The van der Waals surface area contributed by atoms with Crippen molar-refractivity contribution in [2.45, 2.75) is 6.54 Å². The van der Waals surface area contributed by atoms with E-state index in [0.29, 0.717) is 15.0 Å². The molecule has 2 heterocycles. The van der Waals surface area contributed by atoms with Crippen LogP contribution in [0.1, 0.15) is 15.2 Å². The Labute approximate surface area is 126 Å². The Morgan fingerprint density at radius 3 is 2.76 bits per heavy atom. The summed E-state index contributed by atoms with van der Waals surface area (Å²) < 4.78 is 0.340. The molecule has 1 aromatic heterocycles. The molecule has 0 radical (unpaired) electrons. The summed E-state index contributed by atoms with van der Waals surface area (Å²) in [5, 5.41) is 10.7. The summed E-state index contributed by atoms with van der Waals surface area (Å²) in [6.07, 6.45) is 1.52. The van der Waals surface area contributed by atoms with Crippen molar-refractivity contribution >= 4 is 46.0 Å². The normalized spacial score (nSPS) is 13.7. The predicted octanol–water partition coefficient (Wildman–Crippen LogP) is 2.43. The van der Waals surface area contributed by atoms with E-state index < -0.39 is 16.6 Å². The standard InChI is InChI=1S/C12H6ClN3O4S/c13-12-14-4-7(21-12)5-15-9-2-1-6(16(19)20)3-8(9)10(17)11(15)18/h1-4H,5H2. The lowest BCUT2D eigenvalue weighted by Crippen LogP contribution is -2.28. The highest BCUT2D eigenvalue weighted by molar-refractivity contribution is 7.15. The molecule has 0 N–H and O–H groups in total.